The van der Waals surface area contributed by atoms with E-state index in [2.05, 4.69) is 13.8 Å². The molecule has 1 aromatic rings. The number of rotatable bonds is 9. The molecular formula is C16H23ClO2. The summed E-state index contributed by atoms with van der Waals surface area (Å²) in [6.45, 7) is 5.27. The van der Waals surface area contributed by atoms with Crippen molar-refractivity contribution in [2.75, 3.05) is 6.61 Å². The molecule has 0 aliphatic carbocycles. The second-order valence-corrected chi connectivity index (χ2v) is 5.35. The number of halogens is 1. The maximum Gasteiger partial charge on any atom is 0.252 e. The fraction of sp³-hybridized carbons (Fsp3) is 0.562. The van der Waals surface area contributed by atoms with Crippen molar-refractivity contribution in [1.82, 2.24) is 0 Å². The first-order valence-electron chi connectivity index (χ1n) is 7.06. The molecule has 0 N–H and O–H groups in total. The molecule has 0 amide bonds. The minimum atomic E-state index is -0.434. The number of hydrogen-bond acceptors (Lipinski definition) is 2. The van der Waals surface area contributed by atoms with Gasteiger partial charge in [0.2, 0.25) is 0 Å². The first-order chi connectivity index (χ1) is 9.13. The van der Waals surface area contributed by atoms with Gasteiger partial charge in [0.15, 0.2) is 0 Å². The maximum atomic E-state index is 10.9. The molecule has 0 saturated carbocycles. The molecule has 0 spiro atoms. The molecule has 2 nitrogen and oxygen atoms in total. The van der Waals surface area contributed by atoms with Crippen LogP contribution in [0, 0.1) is 5.92 Å². The first kappa shape index (κ1) is 16.0. The third-order valence-electron chi connectivity index (χ3n) is 3.39. The van der Waals surface area contributed by atoms with Crippen LogP contribution in [0.1, 0.15) is 56.3 Å². The third-order valence-corrected chi connectivity index (χ3v) is 3.61. The summed E-state index contributed by atoms with van der Waals surface area (Å²) in [5, 5.41) is -0.434. The van der Waals surface area contributed by atoms with E-state index in [0.29, 0.717) is 5.56 Å². The SMILES string of the molecule is CC[C@H](C)CCCCCOc1ccc(C(=O)Cl)cc1. The Morgan fingerprint density at radius 3 is 2.47 bits per heavy atom. The van der Waals surface area contributed by atoms with Crippen molar-refractivity contribution in [2.24, 2.45) is 5.92 Å². The lowest BCUT2D eigenvalue weighted by Crippen LogP contribution is -1.99. The fourth-order valence-corrected chi connectivity index (χ4v) is 1.97. The van der Waals surface area contributed by atoms with Crippen molar-refractivity contribution in [3.8, 4) is 5.75 Å². The van der Waals surface area contributed by atoms with Crippen LogP contribution in [0.25, 0.3) is 0 Å². The van der Waals surface area contributed by atoms with Crippen LogP contribution in [0.2, 0.25) is 0 Å². The molecule has 0 unspecified atom stereocenters. The average Bonchev–Trinajstić information content (AvgIpc) is 2.42. The van der Waals surface area contributed by atoms with Gasteiger partial charge in [-0.05, 0) is 48.2 Å². The Balaban J connectivity index is 2.14. The molecule has 106 valence electrons. The van der Waals surface area contributed by atoms with Crippen LogP contribution in [0.3, 0.4) is 0 Å². The Bertz CT molecular complexity index is 373. The smallest absolute Gasteiger partial charge is 0.252 e. The number of carbonyl (C=O) groups is 1. The summed E-state index contributed by atoms with van der Waals surface area (Å²) in [7, 11) is 0. The summed E-state index contributed by atoms with van der Waals surface area (Å²) in [5.74, 6) is 1.63. The highest BCUT2D eigenvalue weighted by Crippen LogP contribution is 2.15. The van der Waals surface area contributed by atoms with E-state index in [0.717, 1.165) is 24.7 Å². The molecule has 0 bridgehead atoms. The zero-order chi connectivity index (χ0) is 14.1. The van der Waals surface area contributed by atoms with E-state index >= 15 is 0 Å². The van der Waals surface area contributed by atoms with E-state index in [9.17, 15) is 4.79 Å². The van der Waals surface area contributed by atoms with E-state index in [1.165, 1.54) is 25.7 Å². The average molecular weight is 283 g/mol. The Labute approximate surface area is 121 Å². The molecule has 0 aliphatic heterocycles. The Hall–Kier alpha value is -1.02. The van der Waals surface area contributed by atoms with Crippen LogP contribution in [0.15, 0.2) is 24.3 Å². The highest BCUT2D eigenvalue weighted by atomic mass is 35.5. The fourth-order valence-electron chi connectivity index (χ4n) is 1.85. The van der Waals surface area contributed by atoms with Gasteiger partial charge in [-0.3, -0.25) is 4.79 Å². The van der Waals surface area contributed by atoms with Gasteiger partial charge in [0.05, 0.1) is 6.61 Å². The van der Waals surface area contributed by atoms with Crippen LogP contribution in [-0.2, 0) is 0 Å². The third kappa shape index (κ3) is 6.63. The summed E-state index contributed by atoms with van der Waals surface area (Å²) in [6.07, 6.45) is 6.14. The normalized spacial score (nSPS) is 12.2. The van der Waals surface area contributed by atoms with Crippen LogP contribution >= 0.6 is 11.6 Å². The molecule has 0 aromatic heterocycles. The second kappa shape index (κ2) is 8.98. The second-order valence-electron chi connectivity index (χ2n) is 5.01. The molecule has 19 heavy (non-hydrogen) atoms. The van der Waals surface area contributed by atoms with E-state index in [-0.39, 0.29) is 0 Å². The van der Waals surface area contributed by atoms with Crippen LogP contribution in [0.4, 0.5) is 0 Å². The summed E-state index contributed by atoms with van der Waals surface area (Å²) < 4.78 is 5.62. The molecule has 1 rings (SSSR count). The molecule has 1 atom stereocenters. The minimum absolute atomic E-state index is 0.434. The van der Waals surface area contributed by atoms with Gasteiger partial charge in [0.1, 0.15) is 5.75 Å². The zero-order valence-electron chi connectivity index (χ0n) is 11.8. The standard InChI is InChI=1S/C16H23ClO2/c1-3-13(2)7-5-4-6-12-19-15-10-8-14(9-11-15)16(17)18/h8-11,13H,3-7,12H2,1-2H3/t13-/m0/s1. The van der Waals surface area contributed by atoms with E-state index < -0.39 is 5.24 Å². The highest BCUT2D eigenvalue weighted by molar-refractivity contribution is 6.67. The molecule has 0 radical (unpaired) electrons. The van der Waals surface area contributed by atoms with Crippen LogP contribution in [-0.4, -0.2) is 11.8 Å². The van der Waals surface area contributed by atoms with Gasteiger partial charge in [-0.2, -0.15) is 0 Å². The van der Waals surface area contributed by atoms with Gasteiger partial charge in [-0.25, -0.2) is 0 Å². The number of benzene rings is 1. The predicted molar refractivity (Wildman–Crippen MR) is 80.0 cm³/mol. The Morgan fingerprint density at radius 2 is 1.89 bits per heavy atom. The molecule has 1 aromatic carbocycles. The van der Waals surface area contributed by atoms with Gasteiger partial charge < -0.3 is 4.74 Å². The Morgan fingerprint density at radius 1 is 1.21 bits per heavy atom. The van der Waals surface area contributed by atoms with Crippen molar-refractivity contribution in [3.63, 3.8) is 0 Å². The summed E-state index contributed by atoms with van der Waals surface area (Å²) in [5.41, 5.74) is 0.502. The summed E-state index contributed by atoms with van der Waals surface area (Å²) >= 11 is 5.37. The van der Waals surface area contributed by atoms with Crippen molar-refractivity contribution in [1.29, 1.82) is 0 Å². The van der Waals surface area contributed by atoms with Crippen LogP contribution < -0.4 is 4.74 Å². The molecule has 0 heterocycles. The van der Waals surface area contributed by atoms with E-state index in [1.807, 2.05) is 0 Å². The molecule has 3 heteroatoms. The highest BCUT2D eigenvalue weighted by Gasteiger charge is 2.02. The summed E-state index contributed by atoms with van der Waals surface area (Å²) in [6, 6.07) is 6.95. The molecular weight excluding hydrogens is 260 g/mol. The van der Waals surface area contributed by atoms with Gasteiger partial charge >= 0.3 is 0 Å². The van der Waals surface area contributed by atoms with Crippen molar-refractivity contribution < 1.29 is 9.53 Å². The minimum Gasteiger partial charge on any atom is -0.494 e. The van der Waals surface area contributed by atoms with Crippen molar-refractivity contribution in [2.45, 2.75) is 46.0 Å². The van der Waals surface area contributed by atoms with E-state index in [4.69, 9.17) is 16.3 Å². The number of unbranched alkanes of at least 4 members (excludes halogenated alkanes) is 2. The largest absolute Gasteiger partial charge is 0.494 e. The number of ether oxygens (including phenoxy) is 1. The lowest BCUT2D eigenvalue weighted by atomic mass is 10.0. The Kier molecular flexibility index (Phi) is 7.57. The van der Waals surface area contributed by atoms with Crippen LogP contribution in [0.5, 0.6) is 5.75 Å². The van der Waals surface area contributed by atoms with Gasteiger partial charge in [-0.1, -0.05) is 39.5 Å². The molecule has 0 fully saturated rings. The molecule has 0 saturated heterocycles. The lowest BCUT2D eigenvalue weighted by Gasteiger charge is -2.08. The first-order valence-corrected chi connectivity index (χ1v) is 7.44. The zero-order valence-corrected chi connectivity index (χ0v) is 12.6. The quantitative estimate of drug-likeness (QED) is 0.468. The van der Waals surface area contributed by atoms with Gasteiger partial charge in [0, 0.05) is 5.56 Å². The van der Waals surface area contributed by atoms with E-state index in [1.54, 1.807) is 24.3 Å². The lowest BCUT2D eigenvalue weighted by molar-refractivity contribution is 0.108. The molecule has 0 aliphatic rings. The van der Waals surface area contributed by atoms with Crippen molar-refractivity contribution >= 4 is 16.8 Å². The number of carbonyl (C=O) groups excluding carboxylic acids is 1. The number of hydrogen-bond donors (Lipinski definition) is 0. The summed E-state index contributed by atoms with van der Waals surface area (Å²) in [4.78, 5) is 10.9. The van der Waals surface area contributed by atoms with Gasteiger partial charge in [0.25, 0.3) is 5.24 Å². The predicted octanol–water partition coefficient (Wildman–Crippen LogP) is 5.05. The van der Waals surface area contributed by atoms with Gasteiger partial charge in [-0.15, -0.1) is 0 Å². The maximum absolute atomic E-state index is 10.9. The monoisotopic (exact) mass is 282 g/mol. The topological polar surface area (TPSA) is 26.3 Å². The van der Waals surface area contributed by atoms with Crippen molar-refractivity contribution in [3.05, 3.63) is 29.8 Å².